The predicted molar refractivity (Wildman–Crippen MR) is 76.7 cm³/mol. The molecule has 0 atom stereocenters. The molecule has 0 radical (unpaired) electrons. The lowest BCUT2D eigenvalue weighted by Gasteiger charge is -2.06. The number of hydrogen-bond acceptors (Lipinski definition) is 5. The fourth-order valence-corrected chi connectivity index (χ4v) is 1.42. The van der Waals surface area contributed by atoms with Crippen molar-refractivity contribution in [1.82, 2.24) is 10.7 Å². The Bertz CT molecular complexity index is 552. The van der Waals surface area contributed by atoms with Crippen LogP contribution in [-0.4, -0.2) is 29.0 Å². The van der Waals surface area contributed by atoms with Crippen molar-refractivity contribution in [3.63, 3.8) is 0 Å². The highest BCUT2D eigenvalue weighted by molar-refractivity contribution is 5.97. The van der Waals surface area contributed by atoms with E-state index in [9.17, 15) is 19.7 Å². The number of nitrogens with zero attached hydrogens (tertiary/aromatic N) is 2. The fourth-order valence-electron chi connectivity index (χ4n) is 1.42. The van der Waals surface area contributed by atoms with Crippen LogP contribution in [0.5, 0.6) is 0 Å². The van der Waals surface area contributed by atoms with Gasteiger partial charge in [-0.25, -0.2) is 5.43 Å². The highest BCUT2D eigenvalue weighted by Gasteiger charge is 2.09. The van der Waals surface area contributed by atoms with Crippen molar-refractivity contribution >= 4 is 23.7 Å². The van der Waals surface area contributed by atoms with Crippen LogP contribution in [0.1, 0.15) is 25.8 Å². The maximum atomic E-state index is 11.4. The molecule has 0 aliphatic carbocycles. The number of hydrazone groups is 1. The quantitative estimate of drug-likeness (QED) is 0.352. The minimum absolute atomic E-state index is 0.0263. The Hall–Kier alpha value is -2.77. The molecule has 0 spiro atoms. The molecule has 0 fully saturated rings. The Labute approximate surface area is 121 Å². The van der Waals surface area contributed by atoms with Gasteiger partial charge in [-0.2, -0.15) is 5.10 Å². The summed E-state index contributed by atoms with van der Waals surface area (Å²) in [5, 5.41) is 16.7. The molecule has 0 saturated carbocycles. The third-order valence-corrected chi connectivity index (χ3v) is 2.28. The van der Waals surface area contributed by atoms with Gasteiger partial charge in [-0.3, -0.25) is 19.7 Å². The van der Waals surface area contributed by atoms with Gasteiger partial charge in [0.2, 0.25) is 11.8 Å². The van der Waals surface area contributed by atoms with E-state index in [2.05, 4.69) is 15.8 Å². The zero-order valence-corrected chi connectivity index (χ0v) is 11.7. The molecule has 1 aromatic carbocycles. The van der Waals surface area contributed by atoms with E-state index in [1.807, 2.05) is 0 Å². The van der Waals surface area contributed by atoms with Crippen LogP contribution >= 0.6 is 0 Å². The fraction of sp³-hybridized carbons (Fsp3) is 0.308. The number of non-ortho nitro benzene ring substituents is 1. The molecule has 112 valence electrons. The molecule has 1 rings (SSSR count). The first-order valence-corrected chi connectivity index (χ1v) is 6.24. The SMILES string of the molecule is CC(C)NC(=O)CC(=O)NN=Cc1ccc([N+](=O)[O-])cc1. The Morgan fingerprint density at radius 1 is 1.29 bits per heavy atom. The van der Waals surface area contributed by atoms with E-state index < -0.39 is 10.8 Å². The van der Waals surface area contributed by atoms with Crippen LogP contribution in [0.25, 0.3) is 0 Å². The van der Waals surface area contributed by atoms with Gasteiger partial charge in [-0.05, 0) is 31.5 Å². The molecule has 0 saturated heterocycles. The lowest BCUT2D eigenvalue weighted by atomic mass is 10.2. The summed E-state index contributed by atoms with van der Waals surface area (Å²) in [4.78, 5) is 32.7. The van der Waals surface area contributed by atoms with Crippen molar-refractivity contribution in [1.29, 1.82) is 0 Å². The van der Waals surface area contributed by atoms with E-state index in [0.29, 0.717) is 5.56 Å². The van der Waals surface area contributed by atoms with E-state index >= 15 is 0 Å². The number of carbonyl (C=O) groups is 2. The largest absolute Gasteiger partial charge is 0.353 e. The molecular weight excluding hydrogens is 276 g/mol. The average molecular weight is 292 g/mol. The van der Waals surface area contributed by atoms with Crippen molar-refractivity contribution in [2.24, 2.45) is 5.10 Å². The minimum Gasteiger partial charge on any atom is -0.353 e. The van der Waals surface area contributed by atoms with Gasteiger partial charge in [-0.15, -0.1) is 0 Å². The molecular formula is C13H16N4O4. The third-order valence-electron chi connectivity index (χ3n) is 2.28. The average Bonchev–Trinajstić information content (AvgIpc) is 2.38. The molecule has 2 N–H and O–H groups in total. The monoisotopic (exact) mass is 292 g/mol. The maximum absolute atomic E-state index is 11.4. The first-order chi connectivity index (χ1) is 9.88. The van der Waals surface area contributed by atoms with Crippen LogP contribution in [0.15, 0.2) is 29.4 Å². The van der Waals surface area contributed by atoms with Crippen LogP contribution < -0.4 is 10.7 Å². The predicted octanol–water partition coefficient (Wildman–Crippen LogP) is 0.960. The van der Waals surface area contributed by atoms with E-state index in [1.54, 1.807) is 13.8 Å². The Morgan fingerprint density at radius 3 is 2.43 bits per heavy atom. The summed E-state index contributed by atoms with van der Waals surface area (Å²) >= 11 is 0. The second kappa shape index (κ2) is 7.73. The number of nitro groups is 1. The van der Waals surface area contributed by atoms with Gasteiger partial charge in [-0.1, -0.05) is 0 Å². The Morgan fingerprint density at radius 2 is 1.90 bits per heavy atom. The van der Waals surface area contributed by atoms with E-state index in [0.717, 1.165) is 0 Å². The summed E-state index contributed by atoms with van der Waals surface area (Å²) in [6, 6.07) is 5.63. The van der Waals surface area contributed by atoms with Crippen molar-refractivity contribution in [3.05, 3.63) is 39.9 Å². The van der Waals surface area contributed by atoms with Gasteiger partial charge in [0.25, 0.3) is 5.69 Å². The van der Waals surface area contributed by atoms with Gasteiger partial charge < -0.3 is 5.32 Å². The molecule has 0 aliphatic heterocycles. The minimum atomic E-state index is -0.536. The molecule has 0 aromatic heterocycles. The maximum Gasteiger partial charge on any atom is 0.269 e. The van der Waals surface area contributed by atoms with Crippen molar-refractivity contribution in [2.45, 2.75) is 26.3 Å². The van der Waals surface area contributed by atoms with Crippen LogP contribution in [0.3, 0.4) is 0 Å². The molecule has 2 amide bonds. The molecule has 8 nitrogen and oxygen atoms in total. The number of nitrogens with one attached hydrogen (secondary N) is 2. The second-order valence-corrected chi connectivity index (χ2v) is 4.54. The number of carbonyl (C=O) groups excluding carboxylic acids is 2. The van der Waals surface area contributed by atoms with Gasteiger partial charge in [0.15, 0.2) is 0 Å². The molecule has 0 heterocycles. The molecule has 8 heteroatoms. The van der Waals surface area contributed by atoms with Crippen molar-refractivity contribution in [2.75, 3.05) is 0 Å². The van der Waals surface area contributed by atoms with Crippen LogP contribution in [0.4, 0.5) is 5.69 Å². The standard InChI is InChI=1S/C13H16N4O4/c1-9(2)15-12(18)7-13(19)16-14-8-10-3-5-11(6-4-10)17(20)21/h3-6,8-9H,7H2,1-2H3,(H,15,18)(H,16,19). The molecule has 0 unspecified atom stereocenters. The van der Waals surface area contributed by atoms with E-state index in [4.69, 9.17) is 0 Å². The normalized spacial score (nSPS) is 10.6. The lowest BCUT2D eigenvalue weighted by Crippen LogP contribution is -2.34. The summed E-state index contributed by atoms with van der Waals surface area (Å²) in [5.41, 5.74) is 2.77. The number of hydrogen-bond donors (Lipinski definition) is 2. The summed E-state index contributed by atoms with van der Waals surface area (Å²) in [7, 11) is 0. The summed E-state index contributed by atoms with van der Waals surface area (Å²) < 4.78 is 0. The summed E-state index contributed by atoms with van der Waals surface area (Å²) in [6.07, 6.45) is 1.03. The topological polar surface area (TPSA) is 114 Å². The highest BCUT2D eigenvalue weighted by atomic mass is 16.6. The van der Waals surface area contributed by atoms with Crippen LogP contribution in [0.2, 0.25) is 0 Å². The van der Waals surface area contributed by atoms with Gasteiger partial charge >= 0.3 is 0 Å². The summed E-state index contributed by atoms with van der Waals surface area (Å²) in [5.74, 6) is -0.917. The van der Waals surface area contributed by atoms with E-state index in [1.165, 1.54) is 30.5 Å². The smallest absolute Gasteiger partial charge is 0.269 e. The summed E-state index contributed by atoms with van der Waals surface area (Å²) in [6.45, 7) is 3.59. The first-order valence-electron chi connectivity index (χ1n) is 6.24. The number of benzene rings is 1. The second-order valence-electron chi connectivity index (χ2n) is 4.54. The Kier molecular flexibility index (Phi) is 5.99. The first kappa shape index (κ1) is 16.3. The zero-order valence-electron chi connectivity index (χ0n) is 11.7. The number of amides is 2. The molecule has 21 heavy (non-hydrogen) atoms. The third kappa shape index (κ3) is 6.28. The number of nitro benzene ring substituents is 1. The highest BCUT2D eigenvalue weighted by Crippen LogP contribution is 2.10. The van der Waals surface area contributed by atoms with Gasteiger partial charge in [0.1, 0.15) is 6.42 Å². The molecule has 1 aromatic rings. The van der Waals surface area contributed by atoms with Crippen molar-refractivity contribution in [3.8, 4) is 0 Å². The van der Waals surface area contributed by atoms with Crippen molar-refractivity contribution < 1.29 is 14.5 Å². The van der Waals surface area contributed by atoms with Gasteiger partial charge in [0, 0.05) is 18.2 Å². The zero-order chi connectivity index (χ0) is 15.8. The molecule has 0 aliphatic rings. The van der Waals surface area contributed by atoms with Gasteiger partial charge in [0.05, 0.1) is 11.1 Å². The Balaban J connectivity index is 2.45. The van der Waals surface area contributed by atoms with Crippen LogP contribution in [-0.2, 0) is 9.59 Å². The van der Waals surface area contributed by atoms with E-state index in [-0.39, 0.29) is 24.1 Å². The molecule has 0 bridgehead atoms. The van der Waals surface area contributed by atoms with Crippen LogP contribution in [0, 0.1) is 10.1 Å². The lowest BCUT2D eigenvalue weighted by molar-refractivity contribution is -0.384. The number of rotatable bonds is 6.